The van der Waals surface area contributed by atoms with Crippen LogP contribution in [0.4, 0.5) is 5.13 Å². The second-order valence-corrected chi connectivity index (χ2v) is 4.01. The molecule has 1 saturated heterocycles. The number of rotatable bonds is 2. The number of likely N-dealkylation sites (N-methyl/N-ethyl adjacent to an activating group) is 1. The van der Waals surface area contributed by atoms with Crippen LogP contribution in [0.3, 0.4) is 0 Å². The van der Waals surface area contributed by atoms with Crippen LogP contribution < -0.4 is 15.5 Å². The molecule has 6 nitrogen and oxygen atoms in total. The highest BCUT2D eigenvalue weighted by Gasteiger charge is 2.29. The quantitative estimate of drug-likeness (QED) is 0.682. The van der Waals surface area contributed by atoms with Crippen molar-refractivity contribution in [2.24, 2.45) is 0 Å². The van der Waals surface area contributed by atoms with Gasteiger partial charge in [0.15, 0.2) is 0 Å². The van der Waals surface area contributed by atoms with Crippen LogP contribution in [0.2, 0.25) is 0 Å². The molecular weight excluding hydrogens is 214 g/mol. The first-order valence-corrected chi connectivity index (χ1v) is 5.56. The maximum Gasteiger partial charge on any atom is 0.243 e. The summed E-state index contributed by atoms with van der Waals surface area (Å²) < 4.78 is 3.95. The molecule has 1 aliphatic rings. The molecule has 0 aliphatic carbocycles. The topological polar surface area (TPSA) is 70.2 Å². The number of piperazine rings is 1. The molecule has 2 heterocycles. The molecule has 0 aromatic carbocycles. The van der Waals surface area contributed by atoms with Gasteiger partial charge < -0.3 is 15.5 Å². The highest BCUT2D eigenvalue weighted by Crippen LogP contribution is 2.18. The molecular formula is C8H13N5OS. The Balaban J connectivity index is 2.16. The van der Waals surface area contributed by atoms with Crippen LogP contribution in [0.25, 0.3) is 0 Å². The molecule has 0 spiro atoms. The number of aromatic nitrogens is 2. The molecule has 1 aromatic rings. The molecule has 1 amide bonds. The molecule has 15 heavy (non-hydrogen) atoms. The largest absolute Gasteiger partial charge is 0.357 e. The second kappa shape index (κ2) is 4.54. The van der Waals surface area contributed by atoms with Crippen molar-refractivity contribution < 1.29 is 4.79 Å². The third kappa shape index (κ3) is 2.07. The maximum atomic E-state index is 11.6. The van der Waals surface area contributed by atoms with Crippen LogP contribution >= 0.6 is 11.5 Å². The SMILES string of the molecule is CNC(=O)C1CNCCN1c1ncns1. The van der Waals surface area contributed by atoms with Gasteiger partial charge in [0.2, 0.25) is 11.0 Å². The summed E-state index contributed by atoms with van der Waals surface area (Å²) in [6, 6.07) is -0.184. The molecule has 0 saturated carbocycles. The van der Waals surface area contributed by atoms with E-state index in [0.717, 1.165) is 18.2 Å². The summed E-state index contributed by atoms with van der Waals surface area (Å²) in [5.74, 6) is 0.0115. The average Bonchev–Trinajstić information content (AvgIpc) is 2.81. The molecule has 2 N–H and O–H groups in total. The Morgan fingerprint density at radius 2 is 2.67 bits per heavy atom. The summed E-state index contributed by atoms with van der Waals surface area (Å²) in [5.41, 5.74) is 0. The van der Waals surface area contributed by atoms with Gasteiger partial charge in [-0.15, -0.1) is 0 Å². The number of hydrogen-bond donors (Lipinski definition) is 2. The minimum atomic E-state index is -0.184. The highest BCUT2D eigenvalue weighted by atomic mass is 32.1. The van der Waals surface area contributed by atoms with Gasteiger partial charge in [0.25, 0.3) is 0 Å². The van der Waals surface area contributed by atoms with Crippen molar-refractivity contribution in [2.75, 3.05) is 31.6 Å². The van der Waals surface area contributed by atoms with E-state index in [9.17, 15) is 4.79 Å². The van der Waals surface area contributed by atoms with E-state index in [-0.39, 0.29) is 11.9 Å². The lowest BCUT2D eigenvalue weighted by Gasteiger charge is -2.34. The average molecular weight is 227 g/mol. The van der Waals surface area contributed by atoms with Crippen molar-refractivity contribution >= 4 is 22.6 Å². The number of carbonyl (C=O) groups is 1. The van der Waals surface area contributed by atoms with Crippen molar-refractivity contribution in [3.8, 4) is 0 Å². The first-order valence-electron chi connectivity index (χ1n) is 4.78. The van der Waals surface area contributed by atoms with Crippen molar-refractivity contribution in [2.45, 2.75) is 6.04 Å². The molecule has 1 unspecified atom stereocenters. The van der Waals surface area contributed by atoms with Gasteiger partial charge in [-0.1, -0.05) is 0 Å². The van der Waals surface area contributed by atoms with Gasteiger partial charge in [0.1, 0.15) is 12.4 Å². The molecule has 1 fully saturated rings. The van der Waals surface area contributed by atoms with Crippen molar-refractivity contribution in [3.63, 3.8) is 0 Å². The van der Waals surface area contributed by atoms with Crippen molar-refractivity contribution in [1.82, 2.24) is 20.0 Å². The Kier molecular flexibility index (Phi) is 3.12. The van der Waals surface area contributed by atoms with E-state index in [4.69, 9.17) is 0 Å². The van der Waals surface area contributed by atoms with Gasteiger partial charge in [-0.25, -0.2) is 4.98 Å². The van der Waals surface area contributed by atoms with Gasteiger partial charge in [0, 0.05) is 38.2 Å². The fourth-order valence-corrected chi connectivity index (χ4v) is 2.23. The minimum Gasteiger partial charge on any atom is -0.357 e. The van der Waals surface area contributed by atoms with E-state index in [1.165, 1.54) is 17.9 Å². The normalized spacial score (nSPS) is 21.4. The van der Waals surface area contributed by atoms with E-state index in [0.29, 0.717) is 6.54 Å². The van der Waals surface area contributed by atoms with E-state index < -0.39 is 0 Å². The number of hydrogen-bond acceptors (Lipinski definition) is 6. The van der Waals surface area contributed by atoms with Crippen LogP contribution in [0.5, 0.6) is 0 Å². The summed E-state index contributed by atoms with van der Waals surface area (Å²) in [6.45, 7) is 2.31. The number of anilines is 1. The van der Waals surface area contributed by atoms with E-state index >= 15 is 0 Å². The van der Waals surface area contributed by atoms with Crippen LogP contribution in [0.15, 0.2) is 6.33 Å². The number of carbonyl (C=O) groups excluding carboxylic acids is 1. The van der Waals surface area contributed by atoms with Gasteiger partial charge in [0.05, 0.1) is 0 Å². The molecule has 7 heteroatoms. The van der Waals surface area contributed by atoms with Crippen molar-refractivity contribution in [3.05, 3.63) is 6.33 Å². The Bertz CT molecular complexity index is 328. The zero-order valence-corrected chi connectivity index (χ0v) is 9.25. The second-order valence-electron chi connectivity index (χ2n) is 3.25. The van der Waals surface area contributed by atoms with Crippen LogP contribution in [-0.4, -0.2) is 48.0 Å². The lowest BCUT2D eigenvalue weighted by atomic mass is 10.2. The fourth-order valence-electron chi connectivity index (χ4n) is 1.63. The molecule has 0 radical (unpaired) electrons. The summed E-state index contributed by atoms with van der Waals surface area (Å²) in [7, 11) is 1.65. The van der Waals surface area contributed by atoms with Crippen LogP contribution in [-0.2, 0) is 4.79 Å². The van der Waals surface area contributed by atoms with E-state index in [1.54, 1.807) is 7.05 Å². The standard InChI is InChI=1S/C8H13N5OS/c1-9-7(14)6-4-10-2-3-13(6)8-11-5-12-15-8/h5-6,10H,2-4H2,1H3,(H,9,14). The molecule has 1 aromatic heterocycles. The molecule has 2 rings (SSSR count). The molecule has 82 valence electrons. The zero-order chi connectivity index (χ0) is 10.7. The van der Waals surface area contributed by atoms with E-state index in [2.05, 4.69) is 20.0 Å². The minimum absolute atomic E-state index is 0.0115. The van der Waals surface area contributed by atoms with E-state index in [1.807, 2.05) is 4.90 Å². The first kappa shape index (κ1) is 10.3. The maximum absolute atomic E-state index is 11.6. The lowest BCUT2D eigenvalue weighted by Crippen LogP contribution is -2.57. The zero-order valence-electron chi connectivity index (χ0n) is 8.43. The molecule has 1 atom stereocenters. The highest BCUT2D eigenvalue weighted by molar-refractivity contribution is 7.09. The number of amides is 1. The predicted molar refractivity (Wildman–Crippen MR) is 58.0 cm³/mol. The third-order valence-corrected chi connectivity index (χ3v) is 3.09. The Hall–Kier alpha value is -1.21. The van der Waals surface area contributed by atoms with Gasteiger partial charge in [-0.05, 0) is 0 Å². The monoisotopic (exact) mass is 227 g/mol. The molecule has 1 aliphatic heterocycles. The fraction of sp³-hybridized carbons (Fsp3) is 0.625. The molecule has 0 bridgehead atoms. The lowest BCUT2D eigenvalue weighted by molar-refractivity contribution is -0.122. The van der Waals surface area contributed by atoms with Crippen LogP contribution in [0.1, 0.15) is 0 Å². The summed E-state index contributed by atoms with van der Waals surface area (Å²) in [6.07, 6.45) is 1.52. The Morgan fingerprint density at radius 3 is 3.33 bits per heavy atom. The summed E-state index contributed by atoms with van der Waals surface area (Å²) in [5, 5.41) is 6.67. The summed E-state index contributed by atoms with van der Waals surface area (Å²) >= 11 is 1.32. The number of nitrogens with one attached hydrogen (secondary N) is 2. The Morgan fingerprint density at radius 1 is 1.80 bits per heavy atom. The third-order valence-electron chi connectivity index (χ3n) is 2.39. The summed E-state index contributed by atoms with van der Waals surface area (Å²) in [4.78, 5) is 17.8. The number of nitrogens with zero attached hydrogens (tertiary/aromatic N) is 3. The Labute approximate surface area is 91.9 Å². The first-order chi connectivity index (χ1) is 7.33. The predicted octanol–water partition coefficient (Wildman–Crippen LogP) is -0.938. The van der Waals surface area contributed by atoms with Crippen LogP contribution in [0, 0.1) is 0 Å². The van der Waals surface area contributed by atoms with Gasteiger partial charge >= 0.3 is 0 Å². The van der Waals surface area contributed by atoms with Gasteiger partial charge in [-0.2, -0.15) is 4.37 Å². The van der Waals surface area contributed by atoms with Crippen molar-refractivity contribution in [1.29, 1.82) is 0 Å². The van der Waals surface area contributed by atoms with Gasteiger partial charge in [-0.3, -0.25) is 4.79 Å². The smallest absolute Gasteiger partial charge is 0.243 e.